The van der Waals surface area contributed by atoms with Gasteiger partial charge in [0, 0.05) is 12.7 Å². The molecular weight excluding hydrogens is 240 g/mol. The molecule has 2 heterocycles. The molecule has 0 aliphatic heterocycles. The third kappa shape index (κ3) is 2.52. The number of hydrogen-bond acceptors (Lipinski definition) is 5. The summed E-state index contributed by atoms with van der Waals surface area (Å²) in [6.07, 6.45) is 1.86. The first kappa shape index (κ1) is 11.8. The van der Waals surface area contributed by atoms with Gasteiger partial charge in [-0.2, -0.15) is 0 Å². The van der Waals surface area contributed by atoms with Gasteiger partial charge in [0.05, 0.1) is 18.4 Å². The Morgan fingerprint density at radius 2 is 2.41 bits per heavy atom. The molecule has 0 amide bonds. The van der Waals surface area contributed by atoms with Gasteiger partial charge in [0.2, 0.25) is 0 Å². The molecule has 17 heavy (non-hydrogen) atoms. The van der Waals surface area contributed by atoms with Gasteiger partial charge in [0.25, 0.3) is 5.56 Å². The quantitative estimate of drug-likeness (QED) is 0.772. The van der Waals surface area contributed by atoms with Gasteiger partial charge in [-0.15, -0.1) is 0 Å². The Kier molecular flexibility index (Phi) is 3.53. The minimum absolute atomic E-state index is 0.0950. The highest BCUT2D eigenvalue weighted by Crippen LogP contribution is 2.13. The zero-order valence-corrected chi connectivity index (χ0v) is 10.2. The lowest BCUT2D eigenvalue weighted by atomic mass is 10.3. The van der Waals surface area contributed by atoms with Crippen molar-refractivity contribution in [2.24, 2.45) is 0 Å². The summed E-state index contributed by atoms with van der Waals surface area (Å²) >= 11 is 1.27. The average molecular weight is 252 g/mol. The molecule has 0 radical (unpaired) electrons. The maximum atomic E-state index is 11.9. The van der Waals surface area contributed by atoms with E-state index >= 15 is 0 Å². The average Bonchev–Trinajstić information content (AvgIpc) is 2.65. The molecule has 0 saturated carbocycles. The molecule has 0 spiro atoms. The Hall–Kier alpha value is -1.69. The van der Waals surface area contributed by atoms with Crippen molar-refractivity contribution < 1.29 is 9.53 Å². The number of nitrogens with zero attached hydrogens (tertiary/aromatic N) is 2. The summed E-state index contributed by atoms with van der Waals surface area (Å²) in [5, 5.41) is 0.598. The van der Waals surface area contributed by atoms with Crippen molar-refractivity contribution in [2.75, 3.05) is 6.61 Å². The molecule has 5 nitrogen and oxygen atoms in total. The number of ether oxygens (including phenoxy) is 1. The van der Waals surface area contributed by atoms with Crippen LogP contribution in [-0.2, 0) is 16.1 Å². The highest BCUT2D eigenvalue weighted by molar-refractivity contribution is 7.13. The number of carbonyl (C=O) groups is 1. The van der Waals surface area contributed by atoms with Crippen molar-refractivity contribution in [3.63, 3.8) is 0 Å². The van der Waals surface area contributed by atoms with Crippen molar-refractivity contribution in [1.29, 1.82) is 0 Å². The van der Waals surface area contributed by atoms with Gasteiger partial charge < -0.3 is 4.74 Å². The number of fused-ring (bicyclic) bond motifs is 1. The summed E-state index contributed by atoms with van der Waals surface area (Å²) < 4.78 is 6.35. The third-order valence-corrected chi connectivity index (χ3v) is 3.32. The Morgan fingerprint density at radius 1 is 1.59 bits per heavy atom. The first-order valence-electron chi connectivity index (χ1n) is 5.33. The smallest absolute Gasteiger partial charge is 0.307 e. The third-order valence-electron chi connectivity index (χ3n) is 2.25. The van der Waals surface area contributed by atoms with Crippen molar-refractivity contribution >= 4 is 27.7 Å². The number of aromatic nitrogens is 2. The normalized spacial score (nSPS) is 10.6. The molecule has 90 valence electrons. The van der Waals surface area contributed by atoms with E-state index in [0.717, 1.165) is 0 Å². The van der Waals surface area contributed by atoms with Crippen LogP contribution < -0.4 is 5.56 Å². The SMILES string of the molecule is CCOC(=O)CCn1sc2ncccc2c1=O. The van der Waals surface area contributed by atoms with Crippen molar-refractivity contribution in [1.82, 2.24) is 8.94 Å². The molecule has 0 aliphatic carbocycles. The number of esters is 1. The molecule has 2 aromatic heterocycles. The van der Waals surface area contributed by atoms with Gasteiger partial charge in [-0.25, -0.2) is 4.98 Å². The van der Waals surface area contributed by atoms with Crippen LogP contribution in [0.4, 0.5) is 0 Å². The monoisotopic (exact) mass is 252 g/mol. The van der Waals surface area contributed by atoms with E-state index in [1.807, 2.05) is 0 Å². The van der Waals surface area contributed by atoms with Crippen LogP contribution >= 0.6 is 11.5 Å². The molecule has 2 rings (SSSR count). The second-order valence-corrected chi connectivity index (χ2v) is 4.42. The fourth-order valence-electron chi connectivity index (χ4n) is 1.48. The zero-order valence-electron chi connectivity index (χ0n) is 9.38. The van der Waals surface area contributed by atoms with E-state index in [-0.39, 0.29) is 17.9 Å². The zero-order chi connectivity index (χ0) is 12.3. The highest BCUT2D eigenvalue weighted by Gasteiger charge is 2.09. The van der Waals surface area contributed by atoms with Gasteiger partial charge in [0.1, 0.15) is 4.83 Å². The lowest BCUT2D eigenvalue weighted by Crippen LogP contribution is -2.16. The molecule has 0 N–H and O–H groups in total. The predicted molar refractivity (Wildman–Crippen MR) is 65.1 cm³/mol. The lowest BCUT2D eigenvalue weighted by molar-refractivity contribution is -0.143. The molecular formula is C11H12N2O3S. The lowest BCUT2D eigenvalue weighted by Gasteiger charge is -2.00. The second-order valence-electron chi connectivity index (χ2n) is 3.41. The summed E-state index contributed by atoms with van der Waals surface area (Å²) in [5.74, 6) is -0.287. The molecule has 2 aromatic rings. The van der Waals surface area contributed by atoms with E-state index in [0.29, 0.717) is 23.4 Å². The molecule has 0 unspecified atom stereocenters. The summed E-state index contributed by atoms with van der Waals surface area (Å²) in [4.78, 5) is 27.9. The van der Waals surface area contributed by atoms with Crippen LogP contribution in [-0.4, -0.2) is 21.5 Å². The molecule has 0 atom stereocenters. The highest BCUT2D eigenvalue weighted by atomic mass is 32.1. The summed E-state index contributed by atoms with van der Waals surface area (Å²) in [6, 6.07) is 3.47. The van der Waals surface area contributed by atoms with Gasteiger partial charge >= 0.3 is 5.97 Å². The Morgan fingerprint density at radius 3 is 3.12 bits per heavy atom. The van der Waals surface area contributed by atoms with Crippen molar-refractivity contribution in [3.05, 3.63) is 28.7 Å². The van der Waals surface area contributed by atoms with Crippen LogP contribution in [0.25, 0.3) is 10.2 Å². The van der Waals surface area contributed by atoms with E-state index in [1.165, 1.54) is 15.5 Å². The molecule has 0 saturated heterocycles. The summed E-state index contributed by atoms with van der Waals surface area (Å²) in [7, 11) is 0. The number of carbonyl (C=O) groups excluding carboxylic acids is 1. The predicted octanol–water partition coefficient (Wildman–Crippen LogP) is 1.41. The Bertz CT molecular complexity index is 588. The summed E-state index contributed by atoms with van der Waals surface area (Å²) in [5.41, 5.74) is -0.0950. The van der Waals surface area contributed by atoms with Gasteiger partial charge in [-0.1, -0.05) is 0 Å². The van der Waals surface area contributed by atoms with E-state index in [1.54, 1.807) is 25.3 Å². The fraction of sp³-hybridized carbons (Fsp3) is 0.364. The van der Waals surface area contributed by atoms with E-state index in [9.17, 15) is 9.59 Å². The van der Waals surface area contributed by atoms with Crippen molar-refractivity contribution in [3.8, 4) is 0 Å². The maximum Gasteiger partial charge on any atom is 0.307 e. The molecule has 6 heteroatoms. The number of hydrogen-bond donors (Lipinski definition) is 0. The summed E-state index contributed by atoms with van der Waals surface area (Å²) in [6.45, 7) is 2.47. The van der Waals surface area contributed by atoms with Gasteiger partial charge in [-0.3, -0.25) is 13.5 Å². The van der Waals surface area contributed by atoms with Gasteiger partial charge in [0.15, 0.2) is 0 Å². The van der Waals surface area contributed by atoms with E-state index in [4.69, 9.17) is 4.74 Å². The van der Waals surface area contributed by atoms with Crippen LogP contribution in [0.2, 0.25) is 0 Å². The largest absolute Gasteiger partial charge is 0.466 e. The minimum Gasteiger partial charge on any atom is -0.466 e. The molecule has 0 bridgehead atoms. The minimum atomic E-state index is -0.287. The molecule has 0 fully saturated rings. The fourth-order valence-corrected chi connectivity index (χ4v) is 2.41. The van der Waals surface area contributed by atoms with Crippen LogP contribution in [0.1, 0.15) is 13.3 Å². The number of rotatable bonds is 4. The first-order valence-corrected chi connectivity index (χ1v) is 6.10. The Labute approximate surface area is 102 Å². The second kappa shape index (κ2) is 5.09. The first-order chi connectivity index (χ1) is 8.22. The van der Waals surface area contributed by atoms with E-state index in [2.05, 4.69) is 4.98 Å². The van der Waals surface area contributed by atoms with Crippen LogP contribution in [0.15, 0.2) is 23.1 Å². The Balaban J connectivity index is 2.17. The standard InChI is InChI=1S/C11H12N2O3S/c1-2-16-9(14)5-7-13-11(15)8-4-3-6-12-10(8)17-13/h3-4,6H,2,5,7H2,1H3. The number of aryl methyl sites for hydroxylation is 1. The molecule has 0 aliphatic rings. The topological polar surface area (TPSA) is 61.2 Å². The van der Waals surface area contributed by atoms with Crippen LogP contribution in [0, 0.1) is 0 Å². The number of pyridine rings is 1. The van der Waals surface area contributed by atoms with Crippen LogP contribution in [0.5, 0.6) is 0 Å². The molecule has 0 aromatic carbocycles. The van der Waals surface area contributed by atoms with Crippen molar-refractivity contribution in [2.45, 2.75) is 19.9 Å². The maximum absolute atomic E-state index is 11.9. The van der Waals surface area contributed by atoms with Crippen LogP contribution in [0.3, 0.4) is 0 Å². The van der Waals surface area contributed by atoms with Gasteiger partial charge in [-0.05, 0) is 30.6 Å². The van der Waals surface area contributed by atoms with E-state index < -0.39 is 0 Å².